The van der Waals surface area contributed by atoms with Crippen LogP contribution >= 0.6 is 23.4 Å². The third-order valence-electron chi connectivity index (χ3n) is 4.81. The summed E-state index contributed by atoms with van der Waals surface area (Å²) in [7, 11) is 0. The number of hydrogen-bond donors (Lipinski definition) is 0. The van der Waals surface area contributed by atoms with E-state index in [0.717, 1.165) is 36.1 Å². The van der Waals surface area contributed by atoms with Gasteiger partial charge in [0.05, 0.1) is 23.7 Å². The summed E-state index contributed by atoms with van der Waals surface area (Å²) < 4.78 is 4.93. The van der Waals surface area contributed by atoms with Gasteiger partial charge in [-0.1, -0.05) is 36.8 Å². The fourth-order valence-electron chi connectivity index (χ4n) is 2.90. The van der Waals surface area contributed by atoms with E-state index < -0.39 is 5.41 Å². The molecule has 0 aromatic heterocycles. The van der Waals surface area contributed by atoms with Crippen LogP contribution in [0.15, 0.2) is 24.3 Å². The Kier molecular flexibility index (Phi) is 10.3. The highest BCUT2D eigenvalue weighted by Crippen LogP contribution is 2.33. The fraction of sp³-hybridized carbons (Fsp3) is 0.619. The van der Waals surface area contributed by atoms with Gasteiger partial charge in [-0.25, -0.2) is 0 Å². The van der Waals surface area contributed by atoms with Crippen LogP contribution in [-0.2, 0) is 19.7 Å². The topological polar surface area (TPSA) is 43.4 Å². The van der Waals surface area contributed by atoms with Gasteiger partial charge >= 0.3 is 5.97 Å². The van der Waals surface area contributed by atoms with E-state index >= 15 is 0 Å². The molecule has 0 aliphatic carbocycles. The van der Waals surface area contributed by atoms with Gasteiger partial charge < -0.3 is 4.74 Å². The largest absolute Gasteiger partial charge is 0.465 e. The molecule has 0 fully saturated rings. The van der Waals surface area contributed by atoms with E-state index in [0.29, 0.717) is 18.3 Å². The van der Waals surface area contributed by atoms with Crippen LogP contribution in [0.1, 0.15) is 51.2 Å². The van der Waals surface area contributed by atoms with Crippen LogP contribution in [0, 0.1) is 12.8 Å². The van der Waals surface area contributed by atoms with Crippen LogP contribution in [0.25, 0.3) is 0 Å². The molecule has 0 saturated heterocycles. The van der Waals surface area contributed by atoms with Gasteiger partial charge in [-0.15, -0.1) is 11.6 Å². The number of aryl methyl sites for hydroxylation is 1. The predicted octanol–water partition coefficient (Wildman–Crippen LogP) is 5.16. The molecule has 26 heavy (non-hydrogen) atoms. The summed E-state index contributed by atoms with van der Waals surface area (Å²) in [4.78, 5) is 23.9. The molecule has 3 nitrogen and oxygen atoms in total. The molecule has 2 atom stereocenters. The maximum absolute atomic E-state index is 12.6. The van der Waals surface area contributed by atoms with Crippen molar-refractivity contribution >= 4 is 35.1 Å². The molecule has 0 heterocycles. The van der Waals surface area contributed by atoms with Crippen molar-refractivity contribution in [2.45, 2.75) is 52.4 Å². The minimum absolute atomic E-state index is 0.0359. The molecule has 5 heteroatoms. The van der Waals surface area contributed by atoms with Crippen LogP contribution in [0.2, 0.25) is 0 Å². The van der Waals surface area contributed by atoms with Crippen molar-refractivity contribution in [3.8, 4) is 0 Å². The van der Waals surface area contributed by atoms with Gasteiger partial charge in [0.25, 0.3) is 0 Å². The number of hydrogen-bond acceptors (Lipinski definition) is 4. The molecule has 0 bridgehead atoms. The summed E-state index contributed by atoms with van der Waals surface area (Å²) in [6.45, 7) is 8.50. The lowest BCUT2D eigenvalue weighted by Gasteiger charge is -2.29. The summed E-state index contributed by atoms with van der Waals surface area (Å²) >= 11 is 7.51. The third kappa shape index (κ3) is 7.32. The Morgan fingerprint density at radius 2 is 2.04 bits per heavy atom. The third-order valence-corrected chi connectivity index (χ3v) is 6.02. The number of ketones is 1. The number of halogens is 1. The molecule has 2 unspecified atom stereocenters. The SMILES string of the molecule is CCOC(=O)CSCCC(C)CCC(C)(C(=O)CCl)c1cccc(C)c1. The van der Waals surface area contributed by atoms with Crippen molar-refractivity contribution in [1.29, 1.82) is 0 Å². The highest BCUT2D eigenvalue weighted by molar-refractivity contribution is 7.99. The quantitative estimate of drug-likeness (QED) is 0.277. The Labute approximate surface area is 167 Å². The zero-order valence-electron chi connectivity index (χ0n) is 16.3. The zero-order valence-corrected chi connectivity index (χ0v) is 17.9. The number of carbonyl (C=O) groups excluding carboxylic acids is 2. The molecule has 146 valence electrons. The molecule has 0 aliphatic rings. The van der Waals surface area contributed by atoms with E-state index in [2.05, 4.69) is 13.0 Å². The summed E-state index contributed by atoms with van der Waals surface area (Å²) in [5.41, 5.74) is 1.66. The van der Waals surface area contributed by atoms with E-state index in [1.54, 1.807) is 11.8 Å². The molecule has 0 spiro atoms. The van der Waals surface area contributed by atoms with Gasteiger partial charge in [0.1, 0.15) is 0 Å². The molecule has 0 amide bonds. The van der Waals surface area contributed by atoms with Crippen LogP contribution in [0.4, 0.5) is 0 Å². The van der Waals surface area contributed by atoms with Gasteiger partial charge in [0.2, 0.25) is 0 Å². The van der Waals surface area contributed by atoms with Gasteiger partial charge in [0.15, 0.2) is 5.78 Å². The maximum atomic E-state index is 12.6. The van der Waals surface area contributed by atoms with Crippen molar-refractivity contribution in [3.63, 3.8) is 0 Å². The average Bonchev–Trinajstić information content (AvgIpc) is 2.62. The molecule has 0 aliphatic heterocycles. The molecule has 0 saturated carbocycles. The van der Waals surface area contributed by atoms with E-state index in [9.17, 15) is 9.59 Å². The number of Topliss-reactive ketones (excluding diaryl/α,β-unsaturated/α-hetero) is 1. The first-order chi connectivity index (χ1) is 12.3. The highest BCUT2D eigenvalue weighted by atomic mass is 35.5. The zero-order chi connectivity index (χ0) is 19.6. The molecular formula is C21H31ClO3S. The normalized spacial score (nSPS) is 14.5. The Hall–Kier alpha value is -1.00. The number of alkyl halides is 1. The number of rotatable bonds is 12. The van der Waals surface area contributed by atoms with Gasteiger partial charge in [-0.3, -0.25) is 9.59 Å². The van der Waals surface area contributed by atoms with E-state index in [-0.39, 0.29) is 17.6 Å². The maximum Gasteiger partial charge on any atom is 0.315 e. The first-order valence-corrected chi connectivity index (χ1v) is 10.9. The van der Waals surface area contributed by atoms with Crippen LogP contribution < -0.4 is 0 Å². The molecular weight excluding hydrogens is 368 g/mol. The predicted molar refractivity (Wildman–Crippen MR) is 111 cm³/mol. The van der Waals surface area contributed by atoms with Crippen molar-refractivity contribution in [1.82, 2.24) is 0 Å². The monoisotopic (exact) mass is 398 g/mol. The molecule has 1 aromatic rings. The minimum atomic E-state index is -0.542. The second-order valence-corrected chi connectivity index (χ2v) is 8.42. The number of ether oxygens (including phenoxy) is 1. The standard InChI is InChI=1S/C21H31ClO3S/c1-5-25-20(24)15-26-12-10-16(2)9-11-21(4,19(23)14-22)18-8-6-7-17(3)13-18/h6-8,13,16H,5,9-12,14-15H2,1-4H3. The number of benzene rings is 1. The average molecular weight is 399 g/mol. The highest BCUT2D eigenvalue weighted by Gasteiger charge is 2.34. The summed E-state index contributed by atoms with van der Waals surface area (Å²) in [5, 5.41) is 0. The van der Waals surface area contributed by atoms with Crippen molar-refractivity contribution in [2.75, 3.05) is 24.0 Å². The summed E-state index contributed by atoms with van der Waals surface area (Å²) in [6.07, 6.45) is 2.75. The first-order valence-electron chi connectivity index (χ1n) is 9.23. The Balaban J connectivity index is 2.56. The number of carbonyl (C=O) groups is 2. The lowest BCUT2D eigenvalue weighted by atomic mass is 9.73. The fourth-order valence-corrected chi connectivity index (χ4v) is 4.16. The van der Waals surface area contributed by atoms with E-state index in [1.807, 2.05) is 39.0 Å². The van der Waals surface area contributed by atoms with Gasteiger partial charge in [-0.2, -0.15) is 11.8 Å². The van der Waals surface area contributed by atoms with E-state index in [4.69, 9.17) is 16.3 Å². The van der Waals surface area contributed by atoms with Crippen molar-refractivity contribution in [3.05, 3.63) is 35.4 Å². The lowest BCUT2D eigenvalue weighted by Crippen LogP contribution is -2.34. The minimum Gasteiger partial charge on any atom is -0.465 e. The molecule has 1 rings (SSSR count). The van der Waals surface area contributed by atoms with Crippen LogP contribution in [0.3, 0.4) is 0 Å². The number of thioether (sulfide) groups is 1. The Bertz CT molecular complexity index is 590. The summed E-state index contributed by atoms with van der Waals surface area (Å²) in [5.74, 6) is 1.78. The van der Waals surface area contributed by atoms with Gasteiger partial charge in [-0.05, 0) is 57.3 Å². The molecule has 1 aromatic carbocycles. The summed E-state index contributed by atoms with van der Waals surface area (Å²) in [6, 6.07) is 8.15. The van der Waals surface area contributed by atoms with E-state index in [1.165, 1.54) is 0 Å². The van der Waals surface area contributed by atoms with Crippen molar-refractivity contribution < 1.29 is 14.3 Å². The molecule has 0 N–H and O–H groups in total. The van der Waals surface area contributed by atoms with Crippen LogP contribution in [-0.4, -0.2) is 35.7 Å². The second-order valence-electron chi connectivity index (χ2n) is 7.05. The second kappa shape index (κ2) is 11.7. The van der Waals surface area contributed by atoms with Crippen molar-refractivity contribution in [2.24, 2.45) is 5.92 Å². The first kappa shape index (κ1) is 23.0. The Morgan fingerprint density at radius 1 is 1.31 bits per heavy atom. The number of esters is 1. The lowest BCUT2D eigenvalue weighted by molar-refractivity contribution is -0.139. The van der Waals surface area contributed by atoms with Crippen LogP contribution in [0.5, 0.6) is 0 Å². The van der Waals surface area contributed by atoms with Gasteiger partial charge in [0, 0.05) is 0 Å². The smallest absolute Gasteiger partial charge is 0.315 e. The molecule has 0 radical (unpaired) electrons. The Morgan fingerprint density at radius 3 is 2.65 bits per heavy atom.